The van der Waals surface area contributed by atoms with E-state index < -0.39 is 5.97 Å². The minimum absolute atomic E-state index is 0.136. The maximum atomic E-state index is 11.0. The zero-order valence-electron chi connectivity index (χ0n) is 16.9. The van der Waals surface area contributed by atoms with E-state index in [4.69, 9.17) is 5.11 Å². The minimum Gasteiger partial charge on any atom is -0.478 e. The molecule has 0 aliphatic rings. The van der Waals surface area contributed by atoms with E-state index in [1.165, 1.54) is 10.4 Å². The van der Waals surface area contributed by atoms with E-state index in [0.717, 1.165) is 16.7 Å². The van der Waals surface area contributed by atoms with Crippen molar-refractivity contribution in [3.05, 3.63) is 101 Å². The number of carboxylic acids is 1. The van der Waals surface area contributed by atoms with Gasteiger partial charge in [0, 0.05) is 17.0 Å². The first-order chi connectivity index (χ1) is 15.1. The summed E-state index contributed by atoms with van der Waals surface area (Å²) in [6, 6.07) is 24.6. The number of aromatic carboxylic acids is 1. The summed E-state index contributed by atoms with van der Waals surface area (Å²) in [6.07, 6.45) is 0. The van der Waals surface area contributed by atoms with Gasteiger partial charge in [-0.05, 0) is 47.5 Å². The number of rotatable bonds is 5. The van der Waals surface area contributed by atoms with Crippen molar-refractivity contribution in [2.75, 3.05) is 0 Å². The van der Waals surface area contributed by atoms with Gasteiger partial charge in [-0.15, -0.1) is 10.2 Å². The van der Waals surface area contributed by atoms with Crippen LogP contribution in [0.3, 0.4) is 0 Å². The summed E-state index contributed by atoms with van der Waals surface area (Å²) >= 11 is 0. The van der Waals surface area contributed by atoms with E-state index in [-0.39, 0.29) is 11.5 Å². The fourth-order valence-electron chi connectivity index (χ4n) is 3.09. The molecule has 6 heteroatoms. The Morgan fingerprint density at radius 3 is 2.55 bits per heavy atom. The van der Waals surface area contributed by atoms with Gasteiger partial charge in [-0.3, -0.25) is 0 Å². The highest BCUT2D eigenvalue weighted by molar-refractivity contribution is 5.87. The molecule has 1 aromatic heterocycles. The number of benzene rings is 3. The second-order valence-electron chi connectivity index (χ2n) is 7.13. The summed E-state index contributed by atoms with van der Waals surface area (Å²) in [7, 11) is 0. The second kappa shape index (κ2) is 9.06. The highest BCUT2D eigenvalue weighted by atomic mass is 16.4. The van der Waals surface area contributed by atoms with Crippen LogP contribution < -0.4 is 0 Å². The van der Waals surface area contributed by atoms with Crippen LogP contribution in [0.5, 0.6) is 0 Å². The molecule has 0 fully saturated rings. The predicted octanol–water partition coefficient (Wildman–Crippen LogP) is 4.24. The highest BCUT2D eigenvalue weighted by Crippen LogP contribution is 2.17. The van der Waals surface area contributed by atoms with Crippen molar-refractivity contribution in [3.63, 3.8) is 0 Å². The van der Waals surface area contributed by atoms with Crippen LogP contribution in [0.4, 0.5) is 0 Å². The van der Waals surface area contributed by atoms with Crippen LogP contribution in [0.15, 0.2) is 78.9 Å². The first-order valence-corrected chi connectivity index (χ1v) is 9.85. The van der Waals surface area contributed by atoms with Gasteiger partial charge in [0.25, 0.3) is 0 Å². The van der Waals surface area contributed by atoms with Crippen LogP contribution in [0.1, 0.15) is 39.9 Å². The van der Waals surface area contributed by atoms with Crippen molar-refractivity contribution in [1.29, 1.82) is 0 Å². The predicted molar refractivity (Wildman–Crippen MR) is 117 cm³/mol. The van der Waals surface area contributed by atoms with Gasteiger partial charge in [-0.1, -0.05) is 66.4 Å². The Morgan fingerprint density at radius 1 is 1.03 bits per heavy atom. The first-order valence-electron chi connectivity index (χ1n) is 9.85. The number of tetrazole rings is 1. The van der Waals surface area contributed by atoms with Gasteiger partial charge < -0.3 is 5.11 Å². The summed E-state index contributed by atoms with van der Waals surface area (Å²) in [5, 5.41) is 21.7. The number of hydrogen-bond donors (Lipinski definition) is 1. The van der Waals surface area contributed by atoms with Gasteiger partial charge in [0.2, 0.25) is 5.82 Å². The molecular formula is C25H20N4O2. The molecule has 0 bridgehead atoms. The molecule has 1 atom stereocenters. The lowest BCUT2D eigenvalue weighted by molar-refractivity contribution is 0.0697. The third-order valence-electron chi connectivity index (χ3n) is 4.83. The molecule has 31 heavy (non-hydrogen) atoms. The lowest BCUT2D eigenvalue weighted by Gasteiger charge is -2.03. The summed E-state index contributed by atoms with van der Waals surface area (Å²) in [5.74, 6) is 6.23. The molecule has 6 nitrogen and oxygen atoms in total. The van der Waals surface area contributed by atoms with Crippen molar-refractivity contribution in [2.45, 2.75) is 19.4 Å². The van der Waals surface area contributed by atoms with Gasteiger partial charge in [-0.2, -0.15) is 4.80 Å². The summed E-state index contributed by atoms with van der Waals surface area (Å²) in [5.41, 5.74) is 4.05. The minimum atomic E-state index is -0.950. The van der Waals surface area contributed by atoms with Crippen molar-refractivity contribution in [3.8, 4) is 23.2 Å². The maximum Gasteiger partial charge on any atom is 0.335 e. The molecule has 0 aliphatic carbocycles. The molecule has 0 aliphatic heterocycles. The highest BCUT2D eigenvalue weighted by Gasteiger charge is 2.08. The fraction of sp³-hybridized carbons (Fsp3) is 0.120. The Labute approximate surface area is 180 Å². The molecule has 152 valence electrons. The molecule has 4 aromatic rings. The zero-order chi connectivity index (χ0) is 21.6. The van der Waals surface area contributed by atoms with E-state index in [1.807, 2.05) is 42.5 Å². The van der Waals surface area contributed by atoms with E-state index in [0.29, 0.717) is 12.4 Å². The molecular weight excluding hydrogens is 388 g/mol. The normalized spacial score (nSPS) is 11.4. The Kier molecular flexibility index (Phi) is 5.86. The van der Waals surface area contributed by atoms with E-state index in [9.17, 15) is 4.79 Å². The second-order valence-corrected chi connectivity index (χ2v) is 7.13. The fourth-order valence-corrected chi connectivity index (χ4v) is 3.09. The lowest BCUT2D eigenvalue weighted by atomic mass is 10.0. The Bertz CT molecular complexity index is 1250. The average molecular weight is 408 g/mol. The Morgan fingerprint density at radius 2 is 1.81 bits per heavy atom. The van der Waals surface area contributed by atoms with Crippen molar-refractivity contribution < 1.29 is 9.90 Å². The monoisotopic (exact) mass is 408 g/mol. The van der Waals surface area contributed by atoms with Crippen LogP contribution in [0.2, 0.25) is 0 Å². The van der Waals surface area contributed by atoms with E-state index >= 15 is 0 Å². The van der Waals surface area contributed by atoms with Crippen molar-refractivity contribution >= 4 is 5.97 Å². The summed E-state index contributed by atoms with van der Waals surface area (Å²) in [4.78, 5) is 12.5. The third-order valence-corrected chi connectivity index (χ3v) is 4.83. The summed E-state index contributed by atoms with van der Waals surface area (Å²) in [6.45, 7) is 2.49. The number of aromatic nitrogens is 4. The van der Waals surface area contributed by atoms with Crippen LogP contribution in [0, 0.1) is 11.8 Å². The molecule has 0 saturated heterocycles. The molecule has 1 unspecified atom stereocenters. The van der Waals surface area contributed by atoms with E-state index in [2.05, 4.69) is 46.3 Å². The van der Waals surface area contributed by atoms with Crippen LogP contribution in [-0.4, -0.2) is 31.3 Å². The maximum absolute atomic E-state index is 11.0. The SMILES string of the molecule is CC(C#Cc1cccc(-c2nnn(Cc3ccc(C(=O)O)cc3)n2)c1)c1ccccc1. The van der Waals surface area contributed by atoms with Gasteiger partial charge in [0.05, 0.1) is 12.1 Å². The Hall–Kier alpha value is -4.24. The van der Waals surface area contributed by atoms with Gasteiger partial charge in [0.1, 0.15) is 0 Å². The molecule has 3 aromatic carbocycles. The number of carboxylic acid groups (broad SMARTS) is 1. The van der Waals surface area contributed by atoms with Gasteiger partial charge >= 0.3 is 5.97 Å². The molecule has 0 radical (unpaired) electrons. The molecule has 0 amide bonds. The van der Waals surface area contributed by atoms with Crippen LogP contribution >= 0.6 is 0 Å². The first kappa shape index (κ1) is 20.0. The number of carbonyl (C=O) groups is 1. The topological polar surface area (TPSA) is 80.9 Å². The molecule has 0 spiro atoms. The quantitative estimate of drug-likeness (QED) is 0.500. The molecule has 4 rings (SSSR count). The van der Waals surface area contributed by atoms with Crippen molar-refractivity contribution in [2.24, 2.45) is 0 Å². The smallest absolute Gasteiger partial charge is 0.335 e. The van der Waals surface area contributed by atoms with E-state index in [1.54, 1.807) is 24.3 Å². The zero-order valence-corrected chi connectivity index (χ0v) is 16.9. The van der Waals surface area contributed by atoms with Crippen molar-refractivity contribution in [1.82, 2.24) is 20.2 Å². The van der Waals surface area contributed by atoms with Crippen LogP contribution in [0.25, 0.3) is 11.4 Å². The number of nitrogens with zero attached hydrogens (tertiary/aromatic N) is 4. The molecule has 1 heterocycles. The lowest BCUT2D eigenvalue weighted by Crippen LogP contribution is -2.04. The summed E-state index contributed by atoms with van der Waals surface area (Å²) < 4.78 is 0. The average Bonchev–Trinajstić information content (AvgIpc) is 3.27. The van der Waals surface area contributed by atoms with Crippen LogP contribution in [-0.2, 0) is 6.54 Å². The molecule has 1 N–H and O–H groups in total. The third kappa shape index (κ3) is 5.03. The largest absolute Gasteiger partial charge is 0.478 e. The van der Waals surface area contributed by atoms with Gasteiger partial charge in [0.15, 0.2) is 0 Å². The number of hydrogen-bond acceptors (Lipinski definition) is 4. The standard InChI is InChI=1S/C25H20N4O2/c1-18(21-7-3-2-4-8-21)10-11-19-6-5-9-23(16-19)24-26-28-29(27-24)17-20-12-14-22(15-13-20)25(30)31/h2-9,12-16,18H,17H2,1H3,(H,30,31). The van der Waals surface area contributed by atoms with Gasteiger partial charge in [-0.25, -0.2) is 4.79 Å². The molecule has 0 saturated carbocycles. The Balaban J connectivity index is 1.48.